The maximum absolute atomic E-state index is 12.1. The minimum absolute atomic E-state index is 0.181. The summed E-state index contributed by atoms with van der Waals surface area (Å²) in [6.07, 6.45) is 0. The van der Waals surface area contributed by atoms with Gasteiger partial charge in [-0.15, -0.1) is 11.3 Å². The van der Waals surface area contributed by atoms with Gasteiger partial charge in [0, 0.05) is 26.2 Å². The first kappa shape index (κ1) is 16.9. The molecular formula is C17H20N4OS2. The molecule has 0 aliphatic carbocycles. The third-order valence-electron chi connectivity index (χ3n) is 3.97. The van der Waals surface area contributed by atoms with E-state index in [1.807, 2.05) is 29.6 Å². The van der Waals surface area contributed by atoms with Crippen molar-refractivity contribution in [1.82, 2.24) is 10.2 Å². The molecule has 24 heavy (non-hydrogen) atoms. The van der Waals surface area contributed by atoms with E-state index in [0.717, 1.165) is 37.6 Å². The number of amides is 1. The van der Waals surface area contributed by atoms with Crippen LogP contribution in [-0.4, -0.2) is 49.1 Å². The summed E-state index contributed by atoms with van der Waals surface area (Å²) < 4.78 is 0. The molecule has 2 heterocycles. The smallest absolute Gasteiger partial charge is 0.267 e. The van der Waals surface area contributed by atoms with E-state index in [2.05, 4.69) is 33.5 Å². The summed E-state index contributed by atoms with van der Waals surface area (Å²) in [6.45, 7) is 4.02. The first-order chi connectivity index (χ1) is 11.6. The summed E-state index contributed by atoms with van der Waals surface area (Å²) in [5, 5.41) is 8.08. The molecule has 3 rings (SSSR count). The molecule has 1 saturated heterocycles. The minimum atomic E-state index is -0.181. The van der Waals surface area contributed by atoms with E-state index >= 15 is 0 Å². The quantitative estimate of drug-likeness (QED) is 0.824. The number of para-hydroxylation sites is 2. The van der Waals surface area contributed by atoms with Crippen LogP contribution in [0.4, 0.5) is 11.4 Å². The Labute approximate surface area is 151 Å². The maximum Gasteiger partial charge on any atom is 0.267 e. The first-order valence-corrected chi connectivity index (χ1v) is 9.10. The predicted molar refractivity (Wildman–Crippen MR) is 104 cm³/mol. The van der Waals surface area contributed by atoms with Crippen LogP contribution in [0.5, 0.6) is 0 Å². The lowest BCUT2D eigenvalue weighted by molar-refractivity contribution is 0.0981. The van der Waals surface area contributed by atoms with E-state index in [9.17, 15) is 4.79 Å². The largest absolute Gasteiger partial charge is 0.367 e. The zero-order valence-corrected chi connectivity index (χ0v) is 15.1. The highest BCUT2D eigenvalue weighted by Gasteiger charge is 2.17. The minimum Gasteiger partial charge on any atom is -0.367 e. The van der Waals surface area contributed by atoms with Crippen molar-refractivity contribution in [3.8, 4) is 0 Å². The molecular weight excluding hydrogens is 340 g/mol. The number of hydrogen-bond acceptors (Lipinski definition) is 5. The van der Waals surface area contributed by atoms with E-state index in [4.69, 9.17) is 12.2 Å². The standard InChI is InChI=1S/C17H20N4OS2/c1-20-8-10-21(11-9-20)14-6-3-2-5-13(14)18-17(23)19-16(22)15-7-4-12-24-15/h2-7,12H,8-11H2,1H3,(H2,18,19,22,23). The Kier molecular flexibility index (Phi) is 5.44. The fraction of sp³-hybridized carbons (Fsp3) is 0.294. The van der Waals surface area contributed by atoms with Crippen LogP contribution in [-0.2, 0) is 0 Å². The van der Waals surface area contributed by atoms with Gasteiger partial charge in [-0.25, -0.2) is 0 Å². The summed E-state index contributed by atoms with van der Waals surface area (Å²) in [5.41, 5.74) is 2.02. The van der Waals surface area contributed by atoms with Gasteiger partial charge in [-0.05, 0) is 42.8 Å². The Morgan fingerprint density at radius 2 is 1.88 bits per heavy atom. The molecule has 2 N–H and O–H groups in total. The first-order valence-electron chi connectivity index (χ1n) is 7.82. The van der Waals surface area contributed by atoms with Crippen molar-refractivity contribution in [2.75, 3.05) is 43.4 Å². The number of thiophene rings is 1. The van der Waals surface area contributed by atoms with Crippen molar-refractivity contribution in [2.24, 2.45) is 0 Å². The number of benzene rings is 1. The number of piperazine rings is 1. The molecule has 0 unspecified atom stereocenters. The van der Waals surface area contributed by atoms with Crippen LogP contribution >= 0.6 is 23.6 Å². The molecule has 0 radical (unpaired) electrons. The zero-order valence-electron chi connectivity index (χ0n) is 13.5. The van der Waals surface area contributed by atoms with Crippen molar-refractivity contribution in [1.29, 1.82) is 0 Å². The van der Waals surface area contributed by atoms with Crippen LogP contribution in [0.1, 0.15) is 9.67 Å². The summed E-state index contributed by atoms with van der Waals surface area (Å²) >= 11 is 6.69. The molecule has 1 aromatic heterocycles. The predicted octanol–water partition coefficient (Wildman–Crippen LogP) is 2.63. The summed E-state index contributed by atoms with van der Waals surface area (Å²) in [5.74, 6) is -0.181. The van der Waals surface area contributed by atoms with Crippen LogP contribution in [0.15, 0.2) is 41.8 Å². The highest BCUT2D eigenvalue weighted by atomic mass is 32.1. The van der Waals surface area contributed by atoms with Gasteiger partial charge in [0.1, 0.15) is 0 Å². The molecule has 1 amide bonds. The third kappa shape index (κ3) is 4.11. The number of nitrogens with one attached hydrogen (secondary N) is 2. The SMILES string of the molecule is CN1CCN(c2ccccc2NC(=S)NC(=O)c2cccs2)CC1. The second kappa shape index (κ2) is 7.74. The summed E-state index contributed by atoms with van der Waals surface area (Å²) in [7, 11) is 2.14. The molecule has 0 saturated carbocycles. The molecule has 0 atom stereocenters. The molecule has 0 bridgehead atoms. The Hall–Kier alpha value is -1.96. The van der Waals surface area contributed by atoms with Crippen molar-refractivity contribution in [3.63, 3.8) is 0 Å². The van der Waals surface area contributed by atoms with Gasteiger partial charge in [-0.1, -0.05) is 18.2 Å². The third-order valence-corrected chi connectivity index (χ3v) is 5.04. The lowest BCUT2D eigenvalue weighted by atomic mass is 10.2. The van der Waals surface area contributed by atoms with E-state index in [1.165, 1.54) is 11.3 Å². The number of thiocarbonyl (C=S) groups is 1. The fourth-order valence-corrected chi connectivity index (χ4v) is 3.45. The van der Waals surface area contributed by atoms with E-state index in [0.29, 0.717) is 9.99 Å². The second-order valence-electron chi connectivity index (χ2n) is 5.69. The average molecular weight is 361 g/mol. The average Bonchev–Trinajstić information content (AvgIpc) is 3.11. The summed E-state index contributed by atoms with van der Waals surface area (Å²) in [6, 6.07) is 11.7. The van der Waals surface area contributed by atoms with Gasteiger partial charge in [0.25, 0.3) is 5.91 Å². The number of likely N-dealkylation sites (N-methyl/N-ethyl adjacent to an activating group) is 1. The number of anilines is 2. The van der Waals surface area contributed by atoms with Gasteiger partial charge >= 0.3 is 0 Å². The molecule has 2 aromatic rings. The van der Waals surface area contributed by atoms with Crippen LogP contribution in [0.2, 0.25) is 0 Å². The number of rotatable bonds is 3. The van der Waals surface area contributed by atoms with E-state index in [-0.39, 0.29) is 5.91 Å². The van der Waals surface area contributed by atoms with Gasteiger partial charge in [0.2, 0.25) is 0 Å². The topological polar surface area (TPSA) is 47.6 Å². The lowest BCUT2D eigenvalue weighted by Gasteiger charge is -2.35. The monoisotopic (exact) mass is 360 g/mol. The van der Waals surface area contributed by atoms with Crippen LogP contribution in [0, 0.1) is 0 Å². The van der Waals surface area contributed by atoms with E-state index in [1.54, 1.807) is 6.07 Å². The zero-order chi connectivity index (χ0) is 16.9. The lowest BCUT2D eigenvalue weighted by Crippen LogP contribution is -2.45. The fourth-order valence-electron chi connectivity index (χ4n) is 2.63. The Balaban J connectivity index is 1.66. The number of nitrogens with zero attached hydrogens (tertiary/aromatic N) is 2. The molecule has 1 fully saturated rings. The Bertz CT molecular complexity index is 709. The maximum atomic E-state index is 12.1. The highest BCUT2D eigenvalue weighted by molar-refractivity contribution is 7.80. The molecule has 0 spiro atoms. The molecule has 126 valence electrons. The van der Waals surface area contributed by atoms with Crippen LogP contribution in [0.25, 0.3) is 0 Å². The van der Waals surface area contributed by atoms with Gasteiger partial charge in [-0.2, -0.15) is 0 Å². The van der Waals surface area contributed by atoms with Crippen molar-refractivity contribution in [3.05, 3.63) is 46.7 Å². The van der Waals surface area contributed by atoms with Crippen LogP contribution < -0.4 is 15.5 Å². The van der Waals surface area contributed by atoms with Gasteiger partial charge < -0.3 is 15.1 Å². The number of carbonyl (C=O) groups is 1. The molecule has 1 aromatic carbocycles. The molecule has 1 aliphatic heterocycles. The molecule has 1 aliphatic rings. The summed E-state index contributed by atoms with van der Waals surface area (Å²) in [4.78, 5) is 17.4. The van der Waals surface area contributed by atoms with Crippen molar-refractivity contribution < 1.29 is 4.79 Å². The van der Waals surface area contributed by atoms with Crippen LogP contribution in [0.3, 0.4) is 0 Å². The van der Waals surface area contributed by atoms with Gasteiger partial charge in [0.05, 0.1) is 16.3 Å². The van der Waals surface area contributed by atoms with E-state index < -0.39 is 0 Å². The number of hydrogen-bond donors (Lipinski definition) is 2. The number of carbonyl (C=O) groups excluding carboxylic acids is 1. The highest BCUT2D eigenvalue weighted by Crippen LogP contribution is 2.26. The normalized spacial score (nSPS) is 15.1. The van der Waals surface area contributed by atoms with Gasteiger partial charge in [-0.3, -0.25) is 10.1 Å². The molecule has 5 nitrogen and oxygen atoms in total. The Morgan fingerprint density at radius 1 is 1.12 bits per heavy atom. The molecule has 7 heteroatoms. The van der Waals surface area contributed by atoms with Crippen molar-refractivity contribution in [2.45, 2.75) is 0 Å². The van der Waals surface area contributed by atoms with Crippen molar-refractivity contribution >= 4 is 45.9 Å². The second-order valence-corrected chi connectivity index (χ2v) is 7.05. The Morgan fingerprint density at radius 3 is 2.58 bits per heavy atom. The van der Waals surface area contributed by atoms with Gasteiger partial charge in [0.15, 0.2) is 5.11 Å².